The number of aryl methyl sites for hydroxylation is 1. The largest absolute Gasteiger partial charge is 0.481 e. The van der Waals surface area contributed by atoms with Gasteiger partial charge in [-0.15, -0.1) is 11.3 Å². The molecule has 0 saturated carbocycles. The van der Waals surface area contributed by atoms with E-state index in [-0.39, 0.29) is 5.91 Å². The van der Waals surface area contributed by atoms with Crippen LogP contribution in [0.3, 0.4) is 0 Å². The molecule has 1 aliphatic rings. The maximum absolute atomic E-state index is 12.9. The molecule has 4 nitrogen and oxygen atoms in total. The van der Waals surface area contributed by atoms with E-state index in [1.807, 2.05) is 37.4 Å². The number of hydrogen-bond donors (Lipinski definition) is 1. The number of nitrogens with zero attached hydrogens (tertiary/aromatic N) is 1. The summed E-state index contributed by atoms with van der Waals surface area (Å²) in [4.78, 5) is 27.1. The van der Waals surface area contributed by atoms with E-state index < -0.39 is 11.9 Å². The van der Waals surface area contributed by atoms with Crippen molar-refractivity contribution >= 4 is 28.9 Å². The monoisotopic (exact) mass is 315 g/mol. The van der Waals surface area contributed by atoms with E-state index in [4.69, 9.17) is 0 Å². The second-order valence-electron chi connectivity index (χ2n) is 5.53. The van der Waals surface area contributed by atoms with Crippen molar-refractivity contribution < 1.29 is 14.7 Å². The van der Waals surface area contributed by atoms with E-state index in [1.54, 1.807) is 22.3 Å². The van der Waals surface area contributed by atoms with Crippen molar-refractivity contribution in [3.05, 3.63) is 51.2 Å². The number of carboxylic acid groups (broad SMARTS) is 1. The second kappa shape index (κ2) is 5.57. The Balaban J connectivity index is 2.02. The maximum Gasteiger partial charge on any atom is 0.311 e. The van der Waals surface area contributed by atoms with E-state index >= 15 is 0 Å². The zero-order chi connectivity index (χ0) is 15.9. The molecule has 1 aromatic carbocycles. The third kappa shape index (κ3) is 2.31. The SMILES string of the molecule is Cc1scc(C(=O)N2CCC(C(=O)O)c3ccccc32)c1C. The van der Waals surface area contributed by atoms with Crippen LogP contribution in [0.1, 0.15) is 38.7 Å². The van der Waals surface area contributed by atoms with E-state index in [9.17, 15) is 14.7 Å². The molecule has 0 radical (unpaired) electrons. The van der Waals surface area contributed by atoms with Crippen molar-refractivity contribution in [2.75, 3.05) is 11.4 Å². The van der Waals surface area contributed by atoms with Crippen molar-refractivity contribution in [1.82, 2.24) is 0 Å². The molecule has 1 aromatic heterocycles. The van der Waals surface area contributed by atoms with Gasteiger partial charge >= 0.3 is 5.97 Å². The Bertz CT molecular complexity index is 750. The third-order valence-electron chi connectivity index (χ3n) is 4.30. The highest BCUT2D eigenvalue weighted by Crippen LogP contribution is 2.36. The number of thiophene rings is 1. The first kappa shape index (κ1) is 14.8. The van der Waals surface area contributed by atoms with Crippen molar-refractivity contribution in [2.24, 2.45) is 0 Å². The quantitative estimate of drug-likeness (QED) is 0.921. The zero-order valence-electron chi connectivity index (χ0n) is 12.5. The molecule has 0 spiro atoms. The number of benzene rings is 1. The Morgan fingerprint density at radius 2 is 2.00 bits per heavy atom. The van der Waals surface area contributed by atoms with Gasteiger partial charge in [0.05, 0.1) is 11.5 Å². The molecule has 0 bridgehead atoms. The molecule has 1 unspecified atom stereocenters. The zero-order valence-corrected chi connectivity index (χ0v) is 13.3. The van der Waals surface area contributed by atoms with Crippen molar-refractivity contribution in [1.29, 1.82) is 0 Å². The van der Waals surface area contributed by atoms with Gasteiger partial charge in [0.15, 0.2) is 0 Å². The average molecular weight is 315 g/mol. The van der Waals surface area contributed by atoms with E-state index in [1.165, 1.54) is 0 Å². The van der Waals surface area contributed by atoms with Crippen molar-refractivity contribution in [3.63, 3.8) is 0 Å². The van der Waals surface area contributed by atoms with Crippen molar-refractivity contribution in [2.45, 2.75) is 26.2 Å². The Kier molecular flexibility index (Phi) is 3.74. The van der Waals surface area contributed by atoms with E-state index in [0.717, 1.165) is 21.7 Å². The minimum atomic E-state index is -0.831. The summed E-state index contributed by atoms with van der Waals surface area (Å²) in [7, 11) is 0. The van der Waals surface area contributed by atoms with E-state index in [2.05, 4.69) is 0 Å². The average Bonchev–Trinajstić information content (AvgIpc) is 2.85. The van der Waals surface area contributed by atoms with E-state index in [0.29, 0.717) is 18.5 Å². The lowest BCUT2D eigenvalue weighted by molar-refractivity contribution is -0.139. The summed E-state index contributed by atoms with van der Waals surface area (Å²) in [6.07, 6.45) is 0.445. The number of carbonyl (C=O) groups excluding carboxylic acids is 1. The Hall–Kier alpha value is -2.14. The molecule has 22 heavy (non-hydrogen) atoms. The van der Waals surface area contributed by atoms with Crippen LogP contribution in [0.4, 0.5) is 5.69 Å². The number of para-hydroxylation sites is 1. The highest BCUT2D eigenvalue weighted by atomic mass is 32.1. The fourth-order valence-corrected chi connectivity index (χ4v) is 3.76. The van der Waals surface area contributed by atoms with Gasteiger partial charge in [0.1, 0.15) is 0 Å². The molecule has 0 fully saturated rings. The molecule has 0 saturated heterocycles. The number of aliphatic carboxylic acids is 1. The predicted octanol–water partition coefficient (Wildman–Crippen LogP) is 3.58. The van der Waals surface area contributed by atoms with Gasteiger partial charge in [-0.3, -0.25) is 9.59 Å². The first-order valence-electron chi connectivity index (χ1n) is 7.19. The standard InChI is InChI=1S/C17H17NO3S/c1-10-11(2)22-9-14(10)16(19)18-8-7-13(17(20)21)12-5-3-4-6-15(12)18/h3-6,9,13H,7-8H2,1-2H3,(H,20,21). The molecule has 2 aromatic rings. The predicted molar refractivity (Wildman–Crippen MR) is 86.9 cm³/mol. The number of anilines is 1. The topological polar surface area (TPSA) is 57.6 Å². The molecule has 0 aliphatic carbocycles. The van der Waals surface area contributed by atoms with Crippen LogP contribution in [0, 0.1) is 13.8 Å². The fraction of sp³-hybridized carbons (Fsp3) is 0.294. The van der Waals surface area contributed by atoms with Crippen LogP contribution < -0.4 is 4.90 Å². The molecule has 1 amide bonds. The van der Waals surface area contributed by atoms with Crippen LogP contribution in [0.15, 0.2) is 29.6 Å². The van der Waals surface area contributed by atoms with Gasteiger partial charge in [-0.25, -0.2) is 0 Å². The molecule has 3 rings (SSSR count). The maximum atomic E-state index is 12.9. The summed E-state index contributed by atoms with van der Waals surface area (Å²) in [5.74, 6) is -1.41. The van der Waals surface area contributed by atoms with Gasteiger partial charge in [0.2, 0.25) is 0 Å². The van der Waals surface area contributed by atoms with Crippen LogP contribution in [-0.2, 0) is 4.79 Å². The molecule has 114 valence electrons. The Morgan fingerprint density at radius 3 is 2.64 bits per heavy atom. The highest BCUT2D eigenvalue weighted by Gasteiger charge is 2.33. The summed E-state index contributed by atoms with van der Waals surface area (Å²) >= 11 is 1.57. The number of fused-ring (bicyclic) bond motifs is 1. The lowest BCUT2D eigenvalue weighted by atomic mass is 9.89. The van der Waals surface area contributed by atoms with Gasteiger partial charge in [-0.2, -0.15) is 0 Å². The van der Waals surface area contributed by atoms with Crippen LogP contribution in [0.2, 0.25) is 0 Å². The summed E-state index contributed by atoms with van der Waals surface area (Å²) in [5, 5.41) is 11.3. The molecule has 1 atom stereocenters. The first-order valence-corrected chi connectivity index (χ1v) is 8.07. The van der Waals surface area contributed by atoms with Crippen LogP contribution in [0.25, 0.3) is 0 Å². The molecule has 2 heterocycles. The van der Waals surface area contributed by atoms with Gasteiger partial charge in [0.25, 0.3) is 5.91 Å². The number of hydrogen-bond acceptors (Lipinski definition) is 3. The van der Waals surface area contributed by atoms with Crippen LogP contribution in [0.5, 0.6) is 0 Å². The number of rotatable bonds is 2. The van der Waals surface area contributed by atoms with Gasteiger partial charge in [-0.1, -0.05) is 18.2 Å². The number of carboxylic acids is 1. The van der Waals surface area contributed by atoms with Crippen LogP contribution >= 0.6 is 11.3 Å². The Morgan fingerprint density at radius 1 is 1.27 bits per heavy atom. The highest BCUT2D eigenvalue weighted by molar-refractivity contribution is 7.10. The summed E-state index contributed by atoms with van der Waals surface area (Å²) in [6.45, 7) is 4.39. The first-order chi connectivity index (χ1) is 10.5. The minimum Gasteiger partial charge on any atom is -0.481 e. The summed E-state index contributed by atoms with van der Waals surface area (Å²) < 4.78 is 0. The molecule has 5 heteroatoms. The fourth-order valence-electron chi connectivity index (χ4n) is 2.90. The normalized spacial score (nSPS) is 17.2. The molecule has 1 aliphatic heterocycles. The smallest absolute Gasteiger partial charge is 0.311 e. The third-order valence-corrected chi connectivity index (χ3v) is 5.32. The molecule has 1 N–H and O–H groups in total. The molecular weight excluding hydrogens is 298 g/mol. The number of carbonyl (C=O) groups is 2. The lowest BCUT2D eigenvalue weighted by Crippen LogP contribution is -2.38. The summed E-state index contributed by atoms with van der Waals surface area (Å²) in [5.41, 5.74) is 3.16. The molecular formula is C17H17NO3S. The van der Waals surface area contributed by atoms with Gasteiger partial charge in [-0.05, 0) is 37.5 Å². The number of amides is 1. The summed E-state index contributed by atoms with van der Waals surface area (Å²) in [6, 6.07) is 7.30. The van der Waals surface area contributed by atoms with Crippen molar-refractivity contribution in [3.8, 4) is 0 Å². The lowest BCUT2D eigenvalue weighted by Gasteiger charge is -2.32. The van der Waals surface area contributed by atoms with Gasteiger partial charge in [0, 0.05) is 22.5 Å². The van der Waals surface area contributed by atoms with Gasteiger partial charge < -0.3 is 10.0 Å². The second-order valence-corrected chi connectivity index (χ2v) is 6.61. The van der Waals surface area contributed by atoms with Crippen LogP contribution in [-0.4, -0.2) is 23.5 Å². The Labute approximate surface area is 133 Å². The minimum absolute atomic E-state index is 0.0434.